The van der Waals surface area contributed by atoms with E-state index in [0.717, 1.165) is 18.8 Å². The fraction of sp³-hybridized carbons (Fsp3) is 0.429. The Morgan fingerprint density at radius 2 is 1.95 bits per heavy atom. The standard InChI is InChI=1S/C14H15N3O2/c15-5-10-2-1-3-13(4-10)16-6-11-8-17(14(18)19)9-12(11)7-16/h1-4,11-12H,6-9H2,(H,18,19). The zero-order chi connectivity index (χ0) is 13.4. The molecule has 1 aromatic rings. The minimum Gasteiger partial charge on any atom is -0.465 e. The Kier molecular flexibility index (Phi) is 2.79. The molecule has 3 rings (SSSR count). The summed E-state index contributed by atoms with van der Waals surface area (Å²) in [5, 5.41) is 17.9. The molecule has 2 atom stereocenters. The summed E-state index contributed by atoms with van der Waals surface area (Å²) in [5.41, 5.74) is 1.73. The fourth-order valence-electron chi connectivity index (χ4n) is 3.13. The second-order valence-corrected chi connectivity index (χ2v) is 5.27. The van der Waals surface area contributed by atoms with Crippen molar-refractivity contribution in [3.8, 4) is 6.07 Å². The first-order chi connectivity index (χ1) is 9.17. The van der Waals surface area contributed by atoms with Crippen molar-refractivity contribution < 1.29 is 9.90 Å². The number of hydrogen-bond donors (Lipinski definition) is 1. The summed E-state index contributed by atoms with van der Waals surface area (Å²) < 4.78 is 0. The van der Waals surface area contributed by atoms with Crippen molar-refractivity contribution in [2.75, 3.05) is 31.1 Å². The predicted molar refractivity (Wildman–Crippen MR) is 69.9 cm³/mol. The van der Waals surface area contributed by atoms with Gasteiger partial charge in [0.25, 0.3) is 0 Å². The number of hydrogen-bond acceptors (Lipinski definition) is 3. The van der Waals surface area contributed by atoms with E-state index < -0.39 is 6.09 Å². The van der Waals surface area contributed by atoms with Crippen molar-refractivity contribution in [2.24, 2.45) is 11.8 Å². The van der Waals surface area contributed by atoms with E-state index in [4.69, 9.17) is 10.4 Å². The molecule has 98 valence electrons. The topological polar surface area (TPSA) is 67.6 Å². The van der Waals surface area contributed by atoms with Crippen molar-refractivity contribution in [3.63, 3.8) is 0 Å². The summed E-state index contributed by atoms with van der Waals surface area (Å²) in [7, 11) is 0. The molecule has 0 spiro atoms. The molecule has 0 bridgehead atoms. The molecule has 5 heteroatoms. The number of nitrogens with zero attached hydrogens (tertiary/aromatic N) is 3. The lowest BCUT2D eigenvalue weighted by molar-refractivity contribution is 0.153. The second-order valence-electron chi connectivity index (χ2n) is 5.27. The van der Waals surface area contributed by atoms with E-state index in [0.29, 0.717) is 30.5 Å². The third-order valence-corrected chi connectivity index (χ3v) is 4.10. The largest absolute Gasteiger partial charge is 0.465 e. The average Bonchev–Trinajstić information content (AvgIpc) is 2.96. The SMILES string of the molecule is N#Cc1cccc(N2CC3CN(C(=O)O)CC3C2)c1. The van der Waals surface area contributed by atoms with E-state index in [1.54, 1.807) is 6.07 Å². The molecule has 2 saturated heterocycles. The number of rotatable bonds is 1. The number of fused-ring (bicyclic) bond motifs is 1. The zero-order valence-electron chi connectivity index (χ0n) is 10.5. The number of benzene rings is 1. The van der Waals surface area contributed by atoms with Crippen LogP contribution in [-0.2, 0) is 0 Å². The summed E-state index contributed by atoms with van der Waals surface area (Å²) in [6.07, 6.45) is -0.813. The highest BCUT2D eigenvalue weighted by Crippen LogP contribution is 2.34. The third kappa shape index (κ3) is 2.10. The summed E-state index contributed by atoms with van der Waals surface area (Å²) >= 11 is 0. The first-order valence-corrected chi connectivity index (χ1v) is 6.40. The maximum atomic E-state index is 10.9. The van der Waals surface area contributed by atoms with E-state index in [-0.39, 0.29) is 0 Å². The van der Waals surface area contributed by atoms with E-state index in [9.17, 15) is 4.79 Å². The van der Waals surface area contributed by atoms with E-state index in [2.05, 4.69) is 11.0 Å². The van der Waals surface area contributed by atoms with Crippen LogP contribution < -0.4 is 4.90 Å². The Morgan fingerprint density at radius 3 is 2.53 bits per heavy atom. The first-order valence-electron chi connectivity index (χ1n) is 6.40. The van der Waals surface area contributed by atoms with Crippen LogP contribution in [0.2, 0.25) is 0 Å². The third-order valence-electron chi connectivity index (χ3n) is 4.10. The first kappa shape index (κ1) is 11.8. The van der Waals surface area contributed by atoms with E-state index >= 15 is 0 Å². The molecule has 0 aromatic heterocycles. The molecule has 1 N–H and O–H groups in total. The zero-order valence-corrected chi connectivity index (χ0v) is 10.5. The van der Waals surface area contributed by atoms with Crippen LogP contribution in [0, 0.1) is 23.2 Å². The highest BCUT2D eigenvalue weighted by atomic mass is 16.4. The molecule has 5 nitrogen and oxygen atoms in total. The van der Waals surface area contributed by atoms with Gasteiger partial charge in [0.1, 0.15) is 0 Å². The second kappa shape index (κ2) is 4.47. The molecular formula is C14H15N3O2. The van der Waals surface area contributed by atoms with Gasteiger partial charge < -0.3 is 14.9 Å². The molecule has 2 aliphatic rings. The number of amides is 1. The van der Waals surface area contributed by atoms with Gasteiger partial charge in [-0.2, -0.15) is 5.26 Å². The Morgan fingerprint density at radius 1 is 1.26 bits per heavy atom. The van der Waals surface area contributed by atoms with Gasteiger partial charge in [-0.05, 0) is 18.2 Å². The lowest BCUT2D eigenvalue weighted by Crippen LogP contribution is -2.32. The molecule has 1 aromatic carbocycles. The number of nitriles is 1. The van der Waals surface area contributed by atoms with Crippen LogP contribution in [-0.4, -0.2) is 42.3 Å². The lowest BCUT2D eigenvalue weighted by Gasteiger charge is -2.22. The fourth-order valence-corrected chi connectivity index (χ4v) is 3.13. The summed E-state index contributed by atoms with van der Waals surface area (Å²) in [6.45, 7) is 3.02. The molecule has 2 fully saturated rings. The molecule has 2 unspecified atom stereocenters. The molecule has 0 saturated carbocycles. The molecule has 0 aliphatic carbocycles. The van der Waals surface area contributed by atoms with E-state index in [1.807, 2.05) is 18.2 Å². The van der Waals surface area contributed by atoms with Gasteiger partial charge in [0.2, 0.25) is 0 Å². The molecule has 19 heavy (non-hydrogen) atoms. The highest BCUT2D eigenvalue weighted by Gasteiger charge is 2.41. The smallest absolute Gasteiger partial charge is 0.407 e. The van der Waals surface area contributed by atoms with Gasteiger partial charge in [0, 0.05) is 43.7 Å². The Bertz CT molecular complexity index is 538. The Balaban J connectivity index is 1.72. The average molecular weight is 257 g/mol. The molecule has 2 heterocycles. The van der Waals surface area contributed by atoms with Crippen molar-refractivity contribution in [1.82, 2.24) is 4.90 Å². The van der Waals surface area contributed by atoms with Crippen molar-refractivity contribution in [3.05, 3.63) is 29.8 Å². The predicted octanol–water partition coefficient (Wildman–Crippen LogP) is 1.60. The van der Waals surface area contributed by atoms with Gasteiger partial charge in [0.15, 0.2) is 0 Å². The minimum atomic E-state index is -0.813. The van der Waals surface area contributed by atoms with Gasteiger partial charge >= 0.3 is 6.09 Å². The maximum Gasteiger partial charge on any atom is 0.407 e. The summed E-state index contributed by atoms with van der Waals surface area (Å²) in [5.74, 6) is 0.837. The van der Waals surface area contributed by atoms with Crippen LogP contribution in [0.25, 0.3) is 0 Å². The van der Waals surface area contributed by atoms with Crippen molar-refractivity contribution in [2.45, 2.75) is 0 Å². The van der Waals surface area contributed by atoms with Crippen molar-refractivity contribution in [1.29, 1.82) is 5.26 Å². The number of carbonyl (C=O) groups is 1. The highest BCUT2D eigenvalue weighted by molar-refractivity contribution is 5.65. The minimum absolute atomic E-state index is 0.418. The van der Waals surface area contributed by atoms with Gasteiger partial charge in [0.05, 0.1) is 11.6 Å². The quantitative estimate of drug-likeness (QED) is 0.829. The van der Waals surface area contributed by atoms with Gasteiger partial charge in [-0.15, -0.1) is 0 Å². The normalized spacial score (nSPS) is 25.2. The molecular weight excluding hydrogens is 242 g/mol. The molecule has 1 amide bonds. The molecule has 0 radical (unpaired) electrons. The number of likely N-dealkylation sites (tertiary alicyclic amines) is 1. The Labute approximate surface area is 111 Å². The number of carboxylic acid groups (broad SMARTS) is 1. The number of anilines is 1. The van der Waals surface area contributed by atoms with Crippen LogP contribution in [0.15, 0.2) is 24.3 Å². The van der Waals surface area contributed by atoms with Gasteiger partial charge in [-0.25, -0.2) is 4.79 Å². The molecule has 2 aliphatic heterocycles. The van der Waals surface area contributed by atoms with Crippen LogP contribution in [0.4, 0.5) is 10.5 Å². The van der Waals surface area contributed by atoms with Crippen LogP contribution in [0.5, 0.6) is 0 Å². The summed E-state index contributed by atoms with van der Waals surface area (Å²) in [4.78, 5) is 14.7. The van der Waals surface area contributed by atoms with E-state index in [1.165, 1.54) is 4.90 Å². The van der Waals surface area contributed by atoms with Crippen LogP contribution in [0.3, 0.4) is 0 Å². The van der Waals surface area contributed by atoms with Crippen molar-refractivity contribution >= 4 is 11.8 Å². The van der Waals surface area contributed by atoms with Crippen LogP contribution >= 0.6 is 0 Å². The monoisotopic (exact) mass is 257 g/mol. The lowest BCUT2D eigenvalue weighted by atomic mass is 10.0. The summed E-state index contributed by atoms with van der Waals surface area (Å²) in [6, 6.07) is 9.75. The maximum absolute atomic E-state index is 10.9. The van der Waals surface area contributed by atoms with Gasteiger partial charge in [-0.1, -0.05) is 6.07 Å². The van der Waals surface area contributed by atoms with Crippen LogP contribution in [0.1, 0.15) is 5.56 Å². The van der Waals surface area contributed by atoms with Gasteiger partial charge in [-0.3, -0.25) is 0 Å². The Hall–Kier alpha value is -2.22.